The molecule has 0 saturated carbocycles. The van der Waals surface area contributed by atoms with Crippen molar-refractivity contribution in [1.29, 1.82) is 5.26 Å². The molecule has 1 fully saturated rings. The number of morpholine rings is 1. The van der Waals surface area contributed by atoms with Gasteiger partial charge in [-0.1, -0.05) is 0 Å². The summed E-state index contributed by atoms with van der Waals surface area (Å²) in [6.45, 7) is 2.23. The Hall–Kier alpha value is -0.680. The van der Waals surface area contributed by atoms with Crippen molar-refractivity contribution in [2.45, 2.75) is 6.10 Å². The van der Waals surface area contributed by atoms with Crippen molar-refractivity contribution in [3.8, 4) is 6.07 Å². The first-order chi connectivity index (χ1) is 6.64. The van der Waals surface area contributed by atoms with Crippen LogP contribution in [0.3, 0.4) is 0 Å². The van der Waals surface area contributed by atoms with Crippen LogP contribution in [0.25, 0.3) is 0 Å². The van der Waals surface area contributed by atoms with Gasteiger partial charge in [0.2, 0.25) is 10.0 Å². The maximum Gasteiger partial charge on any atom is 0.225 e. The smallest absolute Gasteiger partial charge is 0.225 e. The number of hydrogen-bond donors (Lipinski definition) is 2. The van der Waals surface area contributed by atoms with Crippen molar-refractivity contribution in [2.75, 3.05) is 32.0 Å². The lowest BCUT2D eigenvalue weighted by Crippen LogP contribution is -2.45. The molecule has 2 N–H and O–H groups in total. The Kier molecular flexibility index (Phi) is 4.28. The summed E-state index contributed by atoms with van der Waals surface area (Å²) in [5.74, 6) is -0.507. The molecule has 0 amide bonds. The van der Waals surface area contributed by atoms with Gasteiger partial charge in [0.1, 0.15) is 0 Å². The van der Waals surface area contributed by atoms with Crippen LogP contribution in [-0.2, 0) is 14.8 Å². The largest absolute Gasteiger partial charge is 0.374 e. The van der Waals surface area contributed by atoms with Gasteiger partial charge < -0.3 is 10.1 Å². The van der Waals surface area contributed by atoms with E-state index in [-0.39, 0.29) is 12.6 Å². The Bertz CT molecular complexity index is 303. The minimum atomic E-state index is -3.45. The monoisotopic (exact) mass is 219 g/mol. The van der Waals surface area contributed by atoms with Gasteiger partial charge in [0, 0.05) is 19.6 Å². The molecule has 0 bridgehead atoms. The van der Waals surface area contributed by atoms with Crippen LogP contribution in [0.15, 0.2) is 0 Å². The predicted octanol–water partition coefficient (Wildman–Crippen LogP) is -1.58. The highest BCUT2D eigenvalue weighted by Gasteiger charge is 2.16. The van der Waals surface area contributed by atoms with E-state index in [1.54, 1.807) is 6.07 Å². The third-order valence-corrected chi connectivity index (χ3v) is 2.91. The molecular weight excluding hydrogens is 206 g/mol. The molecule has 0 radical (unpaired) electrons. The fourth-order valence-electron chi connectivity index (χ4n) is 1.11. The average molecular weight is 219 g/mol. The number of sulfonamides is 1. The van der Waals surface area contributed by atoms with Gasteiger partial charge in [-0.2, -0.15) is 5.26 Å². The number of rotatable bonds is 4. The van der Waals surface area contributed by atoms with Crippen molar-refractivity contribution in [2.24, 2.45) is 0 Å². The number of nitriles is 1. The molecule has 0 aromatic carbocycles. The quantitative estimate of drug-likeness (QED) is 0.595. The van der Waals surface area contributed by atoms with Crippen LogP contribution < -0.4 is 10.0 Å². The maximum atomic E-state index is 11.1. The van der Waals surface area contributed by atoms with Crippen molar-refractivity contribution < 1.29 is 13.2 Å². The molecule has 1 heterocycles. The van der Waals surface area contributed by atoms with E-state index in [2.05, 4.69) is 10.0 Å². The van der Waals surface area contributed by atoms with Crippen molar-refractivity contribution in [1.82, 2.24) is 10.0 Å². The molecule has 6 nitrogen and oxygen atoms in total. The lowest BCUT2D eigenvalue weighted by molar-refractivity contribution is 0.0324. The highest BCUT2D eigenvalue weighted by Crippen LogP contribution is 1.95. The second-order valence-electron chi connectivity index (χ2n) is 2.96. The fraction of sp³-hybridized carbons (Fsp3) is 0.857. The van der Waals surface area contributed by atoms with Gasteiger partial charge in [-0.25, -0.2) is 13.1 Å². The lowest BCUT2D eigenvalue weighted by atomic mass is 10.3. The lowest BCUT2D eigenvalue weighted by Gasteiger charge is -2.23. The van der Waals surface area contributed by atoms with Gasteiger partial charge in [0.25, 0.3) is 0 Å². The second-order valence-corrected chi connectivity index (χ2v) is 4.77. The molecule has 0 aromatic rings. The molecule has 7 heteroatoms. The first-order valence-electron chi connectivity index (χ1n) is 4.30. The molecule has 0 aliphatic carbocycles. The predicted molar refractivity (Wildman–Crippen MR) is 50.0 cm³/mol. The molecule has 80 valence electrons. The molecular formula is C7H13N3O3S. The van der Waals surface area contributed by atoms with Crippen LogP contribution in [-0.4, -0.2) is 46.5 Å². The Morgan fingerprint density at radius 1 is 1.64 bits per heavy atom. The number of hydrogen-bond acceptors (Lipinski definition) is 5. The first-order valence-corrected chi connectivity index (χ1v) is 5.96. The Morgan fingerprint density at radius 3 is 3.00 bits per heavy atom. The first kappa shape index (κ1) is 11.4. The fourth-order valence-corrected chi connectivity index (χ4v) is 1.82. The summed E-state index contributed by atoms with van der Waals surface area (Å²) in [4.78, 5) is 0. The van der Waals surface area contributed by atoms with Gasteiger partial charge in [-0.05, 0) is 0 Å². The zero-order valence-corrected chi connectivity index (χ0v) is 8.51. The normalized spacial score (nSPS) is 22.9. The Labute approximate surface area is 83.3 Å². The Balaban J connectivity index is 2.29. The van der Waals surface area contributed by atoms with E-state index in [9.17, 15) is 8.42 Å². The van der Waals surface area contributed by atoms with Crippen LogP contribution >= 0.6 is 0 Å². The molecule has 14 heavy (non-hydrogen) atoms. The SMILES string of the molecule is N#CCS(=O)(=O)NCC1CNCCO1. The summed E-state index contributed by atoms with van der Waals surface area (Å²) in [5, 5.41) is 11.3. The zero-order chi connectivity index (χ0) is 10.4. The third-order valence-electron chi connectivity index (χ3n) is 1.79. The number of ether oxygens (including phenoxy) is 1. The van der Waals surface area contributed by atoms with Gasteiger partial charge in [-0.3, -0.25) is 0 Å². The zero-order valence-electron chi connectivity index (χ0n) is 7.69. The summed E-state index contributed by atoms with van der Waals surface area (Å²) in [7, 11) is -3.45. The Morgan fingerprint density at radius 2 is 2.43 bits per heavy atom. The number of nitrogens with zero attached hydrogens (tertiary/aromatic N) is 1. The average Bonchev–Trinajstić information content (AvgIpc) is 2.17. The van der Waals surface area contributed by atoms with E-state index in [1.807, 2.05) is 0 Å². The third kappa shape index (κ3) is 4.02. The summed E-state index contributed by atoms with van der Waals surface area (Å²) in [6.07, 6.45) is -0.141. The summed E-state index contributed by atoms with van der Waals surface area (Å²) in [6, 6.07) is 1.59. The van der Waals surface area contributed by atoms with Gasteiger partial charge in [0.05, 0.1) is 18.8 Å². The van der Waals surface area contributed by atoms with Crippen molar-refractivity contribution >= 4 is 10.0 Å². The molecule has 1 saturated heterocycles. The maximum absolute atomic E-state index is 11.1. The van der Waals surface area contributed by atoms with E-state index in [4.69, 9.17) is 10.00 Å². The van der Waals surface area contributed by atoms with Crippen molar-refractivity contribution in [3.63, 3.8) is 0 Å². The molecule has 0 spiro atoms. The van der Waals surface area contributed by atoms with Crippen LogP contribution in [0.4, 0.5) is 0 Å². The highest BCUT2D eigenvalue weighted by atomic mass is 32.2. The van der Waals surface area contributed by atoms with Gasteiger partial charge in [0.15, 0.2) is 5.75 Å². The molecule has 1 atom stereocenters. The molecule has 1 aliphatic heterocycles. The highest BCUT2D eigenvalue weighted by molar-refractivity contribution is 7.89. The second kappa shape index (κ2) is 5.26. The van der Waals surface area contributed by atoms with Crippen LogP contribution in [0.5, 0.6) is 0 Å². The standard InChI is InChI=1S/C7H13N3O3S/c8-1-4-14(11,12)10-6-7-5-9-2-3-13-7/h7,9-10H,2-6H2. The molecule has 0 aromatic heterocycles. The topological polar surface area (TPSA) is 91.2 Å². The number of nitrogens with one attached hydrogen (secondary N) is 2. The molecule has 1 aliphatic rings. The van der Waals surface area contributed by atoms with Gasteiger partial charge in [-0.15, -0.1) is 0 Å². The van der Waals surface area contributed by atoms with E-state index in [0.717, 1.165) is 6.54 Å². The summed E-state index contributed by atoms with van der Waals surface area (Å²) >= 11 is 0. The van der Waals surface area contributed by atoms with E-state index in [0.29, 0.717) is 13.2 Å². The van der Waals surface area contributed by atoms with Crippen LogP contribution in [0.2, 0.25) is 0 Å². The van der Waals surface area contributed by atoms with E-state index in [1.165, 1.54) is 0 Å². The van der Waals surface area contributed by atoms with Gasteiger partial charge >= 0.3 is 0 Å². The minimum absolute atomic E-state index is 0.141. The van der Waals surface area contributed by atoms with E-state index < -0.39 is 15.8 Å². The molecule has 1 unspecified atom stereocenters. The summed E-state index contributed by atoms with van der Waals surface area (Å²) < 4.78 is 29.7. The van der Waals surface area contributed by atoms with Crippen LogP contribution in [0, 0.1) is 11.3 Å². The van der Waals surface area contributed by atoms with Crippen LogP contribution in [0.1, 0.15) is 0 Å². The van der Waals surface area contributed by atoms with Crippen molar-refractivity contribution in [3.05, 3.63) is 0 Å². The van der Waals surface area contributed by atoms with E-state index >= 15 is 0 Å². The minimum Gasteiger partial charge on any atom is -0.374 e. The summed E-state index contributed by atoms with van der Waals surface area (Å²) in [5.41, 5.74) is 0. The molecule has 1 rings (SSSR count).